The third-order valence-corrected chi connectivity index (χ3v) is 5.38. The Balaban J connectivity index is 1.51. The molecular weight excluding hydrogens is 398 g/mol. The molecule has 3 heterocycles. The maximum Gasteiger partial charge on any atom is 0.316 e. The van der Waals surface area contributed by atoms with Gasteiger partial charge >= 0.3 is 6.03 Å². The van der Waals surface area contributed by atoms with Crippen molar-refractivity contribution in [3.05, 3.63) is 47.3 Å². The van der Waals surface area contributed by atoms with Crippen LogP contribution in [0.3, 0.4) is 0 Å². The summed E-state index contributed by atoms with van der Waals surface area (Å²) in [5.74, 6) is -0.271. The van der Waals surface area contributed by atoms with Crippen LogP contribution in [0.25, 0.3) is 11.1 Å². The van der Waals surface area contributed by atoms with E-state index in [4.69, 9.17) is 5.73 Å². The Bertz CT molecular complexity index is 1070. The van der Waals surface area contributed by atoms with Gasteiger partial charge in [-0.2, -0.15) is 0 Å². The lowest BCUT2D eigenvalue weighted by Crippen LogP contribution is -2.55. The third-order valence-electron chi connectivity index (χ3n) is 5.38. The quantitative estimate of drug-likeness (QED) is 0.350. The summed E-state index contributed by atoms with van der Waals surface area (Å²) in [5, 5.41) is 14.7. The number of benzene rings is 1. The lowest BCUT2D eigenvalue weighted by molar-refractivity contribution is -0.123. The molecule has 31 heavy (non-hydrogen) atoms. The fourth-order valence-corrected chi connectivity index (χ4v) is 3.80. The molecule has 4 amide bonds. The maximum absolute atomic E-state index is 12.6. The van der Waals surface area contributed by atoms with Gasteiger partial charge in [-0.3, -0.25) is 9.59 Å². The van der Waals surface area contributed by atoms with Gasteiger partial charge in [0.05, 0.1) is 11.6 Å². The molecule has 1 aromatic carbocycles. The van der Waals surface area contributed by atoms with Gasteiger partial charge < -0.3 is 37.3 Å². The van der Waals surface area contributed by atoms with Gasteiger partial charge in [-0.25, -0.2) is 4.79 Å². The highest BCUT2D eigenvalue weighted by Crippen LogP contribution is 2.38. The Morgan fingerprint density at radius 1 is 1.23 bits per heavy atom. The molecule has 10 nitrogen and oxygen atoms in total. The number of carbonyl (C=O) groups is 3. The molecule has 162 valence electrons. The molecule has 2 aromatic rings. The number of urea groups is 1. The molecule has 0 aliphatic carbocycles. The minimum absolute atomic E-state index is 0.0522. The van der Waals surface area contributed by atoms with E-state index in [-0.39, 0.29) is 17.9 Å². The number of fused-ring (bicyclic) bond motifs is 1. The summed E-state index contributed by atoms with van der Waals surface area (Å²) in [7, 11) is 0. The number of aromatic amines is 1. The van der Waals surface area contributed by atoms with Gasteiger partial charge in [-0.1, -0.05) is 0 Å². The largest absolute Gasteiger partial charge is 0.361 e. The van der Waals surface area contributed by atoms with Crippen molar-refractivity contribution in [2.45, 2.75) is 19.5 Å². The second kappa shape index (κ2) is 8.62. The van der Waals surface area contributed by atoms with E-state index < -0.39 is 6.03 Å². The topological polar surface area (TPSA) is 153 Å². The number of H-pyrrole nitrogens is 1. The van der Waals surface area contributed by atoms with Crippen LogP contribution in [0.5, 0.6) is 0 Å². The van der Waals surface area contributed by atoms with E-state index in [1.54, 1.807) is 18.2 Å². The average molecular weight is 423 g/mol. The molecule has 0 radical (unpaired) electrons. The van der Waals surface area contributed by atoms with Crippen LogP contribution in [0.2, 0.25) is 0 Å². The summed E-state index contributed by atoms with van der Waals surface area (Å²) in [6.07, 6.45) is 1.81. The van der Waals surface area contributed by atoms with Crippen LogP contribution < -0.4 is 32.3 Å². The van der Waals surface area contributed by atoms with Crippen molar-refractivity contribution in [3.63, 3.8) is 0 Å². The first-order valence-electron chi connectivity index (χ1n) is 10.0. The number of piperazine rings is 1. The zero-order valence-electron chi connectivity index (χ0n) is 17.1. The number of allylic oxidation sites excluding steroid dienone is 1. The van der Waals surface area contributed by atoms with Crippen molar-refractivity contribution in [2.24, 2.45) is 5.73 Å². The summed E-state index contributed by atoms with van der Waals surface area (Å²) < 4.78 is 0. The van der Waals surface area contributed by atoms with Crippen LogP contribution >= 0.6 is 0 Å². The van der Waals surface area contributed by atoms with Crippen molar-refractivity contribution in [1.29, 1.82) is 0 Å². The summed E-state index contributed by atoms with van der Waals surface area (Å²) in [4.78, 5) is 39.2. The third kappa shape index (κ3) is 4.44. The highest BCUT2D eigenvalue weighted by Gasteiger charge is 2.27. The van der Waals surface area contributed by atoms with Gasteiger partial charge in [-0.15, -0.1) is 0 Å². The lowest BCUT2D eigenvalue weighted by Gasteiger charge is -2.23. The highest BCUT2D eigenvalue weighted by atomic mass is 16.2. The van der Waals surface area contributed by atoms with Gasteiger partial charge in [0.15, 0.2) is 0 Å². The Labute approximate surface area is 179 Å². The molecule has 10 heteroatoms. The predicted octanol–water partition coefficient (Wildman–Crippen LogP) is 0.566. The van der Waals surface area contributed by atoms with Crippen LogP contribution in [-0.4, -0.2) is 48.5 Å². The molecule has 8 N–H and O–H groups in total. The van der Waals surface area contributed by atoms with E-state index in [2.05, 4.69) is 31.6 Å². The zero-order chi connectivity index (χ0) is 22.0. The summed E-state index contributed by atoms with van der Waals surface area (Å²) >= 11 is 0. The van der Waals surface area contributed by atoms with E-state index in [1.165, 1.54) is 0 Å². The molecule has 0 saturated carbocycles. The van der Waals surface area contributed by atoms with E-state index >= 15 is 0 Å². The molecule has 0 bridgehead atoms. The number of amides is 4. The standard InChI is InChI=1S/C21H25N7O3/c1-11(18-14-7-13(27-21(22)31)2-3-15(14)28-20(18)30)16-6-12(8-25-16)9-26-19(29)17-10-23-4-5-24-17/h2-3,6-8,17,23-25H,4-5,9-10H2,1H3,(H,26,29)(H,28,30)(H3,22,27,31). The summed E-state index contributed by atoms with van der Waals surface area (Å²) in [5.41, 5.74) is 10.00. The number of nitrogens with one attached hydrogen (secondary N) is 6. The fraction of sp³-hybridized carbons (Fsp3) is 0.286. The fourth-order valence-electron chi connectivity index (χ4n) is 3.80. The smallest absolute Gasteiger partial charge is 0.316 e. The Hall–Kier alpha value is -3.63. The minimum atomic E-state index is -0.672. The molecule has 1 fully saturated rings. The van der Waals surface area contributed by atoms with E-state index in [0.29, 0.717) is 35.6 Å². The molecule has 0 spiro atoms. The van der Waals surface area contributed by atoms with Gasteiger partial charge in [0.2, 0.25) is 5.91 Å². The summed E-state index contributed by atoms with van der Waals surface area (Å²) in [6, 6.07) is 6.11. The van der Waals surface area contributed by atoms with Crippen molar-refractivity contribution >= 4 is 40.4 Å². The van der Waals surface area contributed by atoms with Crippen molar-refractivity contribution in [3.8, 4) is 0 Å². The highest BCUT2D eigenvalue weighted by molar-refractivity contribution is 6.36. The first kappa shape index (κ1) is 20.6. The first-order chi connectivity index (χ1) is 14.9. The molecule has 1 atom stereocenters. The minimum Gasteiger partial charge on any atom is -0.361 e. The van der Waals surface area contributed by atoms with Gasteiger partial charge in [0, 0.05) is 55.0 Å². The van der Waals surface area contributed by atoms with Gasteiger partial charge in [0.1, 0.15) is 0 Å². The molecule has 2 aliphatic rings. The van der Waals surface area contributed by atoms with Crippen LogP contribution in [0, 0.1) is 0 Å². The van der Waals surface area contributed by atoms with E-state index in [9.17, 15) is 14.4 Å². The van der Waals surface area contributed by atoms with Gasteiger partial charge in [0.25, 0.3) is 5.91 Å². The van der Waals surface area contributed by atoms with E-state index in [1.807, 2.05) is 19.2 Å². The SMILES string of the molecule is CC(=C1C(=O)Nc2ccc(NC(N)=O)cc21)c1cc(CNC(=O)C2CNCCN2)c[nH]1. The lowest BCUT2D eigenvalue weighted by atomic mass is 9.99. The monoisotopic (exact) mass is 423 g/mol. The molecular formula is C21H25N7O3. The number of primary amides is 1. The second-order valence-corrected chi connectivity index (χ2v) is 7.55. The number of anilines is 2. The normalized spacial score (nSPS) is 19.4. The number of nitrogens with two attached hydrogens (primary N) is 1. The summed E-state index contributed by atoms with van der Waals surface area (Å²) in [6.45, 7) is 4.46. The zero-order valence-corrected chi connectivity index (χ0v) is 17.1. The van der Waals surface area contributed by atoms with Crippen molar-refractivity contribution in [2.75, 3.05) is 30.3 Å². The first-order valence-corrected chi connectivity index (χ1v) is 10.0. The maximum atomic E-state index is 12.6. The molecule has 1 unspecified atom stereocenters. The van der Waals surface area contributed by atoms with Crippen LogP contribution in [0.15, 0.2) is 30.5 Å². The molecule has 2 aliphatic heterocycles. The average Bonchev–Trinajstić information content (AvgIpc) is 3.35. The Morgan fingerprint density at radius 2 is 2.06 bits per heavy atom. The van der Waals surface area contributed by atoms with Gasteiger partial charge in [-0.05, 0) is 42.3 Å². The number of rotatable bonds is 5. The van der Waals surface area contributed by atoms with Crippen LogP contribution in [-0.2, 0) is 16.1 Å². The van der Waals surface area contributed by atoms with Crippen LogP contribution in [0.4, 0.5) is 16.2 Å². The van der Waals surface area contributed by atoms with E-state index in [0.717, 1.165) is 29.9 Å². The molecule has 1 aromatic heterocycles. The predicted molar refractivity (Wildman–Crippen MR) is 118 cm³/mol. The van der Waals surface area contributed by atoms with Crippen molar-refractivity contribution < 1.29 is 14.4 Å². The van der Waals surface area contributed by atoms with Crippen molar-refractivity contribution in [1.82, 2.24) is 20.9 Å². The van der Waals surface area contributed by atoms with Crippen LogP contribution in [0.1, 0.15) is 23.7 Å². The number of carbonyl (C=O) groups excluding carboxylic acids is 3. The molecule has 4 rings (SSSR count). The number of hydrogen-bond acceptors (Lipinski definition) is 5. The number of aromatic nitrogens is 1. The Kier molecular flexibility index (Phi) is 5.74. The number of hydrogen-bond donors (Lipinski definition) is 7. The molecule has 1 saturated heterocycles. The Morgan fingerprint density at radius 3 is 2.81 bits per heavy atom. The second-order valence-electron chi connectivity index (χ2n) is 7.55.